The first-order valence-corrected chi connectivity index (χ1v) is 7.62. The van der Waals surface area contributed by atoms with Gasteiger partial charge in [-0.25, -0.2) is 4.79 Å². The first kappa shape index (κ1) is 14.2. The van der Waals surface area contributed by atoms with Crippen LogP contribution in [0.4, 0.5) is 11.5 Å². The zero-order valence-corrected chi connectivity index (χ0v) is 12.2. The molecule has 116 valence electrons. The van der Waals surface area contributed by atoms with Crippen molar-refractivity contribution in [1.29, 1.82) is 0 Å². The molecule has 2 aliphatic heterocycles. The molecule has 2 saturated heterocycles. The van der Waals surface area contributed by atoms with Gasteiger partial charge in [-0.2, -0.15) is 0 Å². The number of anilines is 2. The molecule has 2 fully saturated rings. The molecule has 1 aromatic heterocycles. The SMILES string of the molecule is CCCn1c(N)c(N2C3CCC2CC(O)C3)c(=O)[nH]c1=O. The van der Waals surface area contributed by atoms with E-state index in [1.165, 1.54) is 4.57 Å². The molecule has 3 rings (SSSR count). The predicted octanol–water partition coefficient (Wildman–Crippen LogP) is 0.0209. The van der Waals surface area contributed by atoms with E-state index in [9.17, 15) is 14.7 Å². The summed E-state index contributed by atoms with van der Waals surface area (Å²) >= 11 is 0. The van der Waals surface area contributed by atoms with E-state index < -0.39 is 11.2 Å². The summed E-state index contributed by atoms with van der Waals surface area (Å²) in [5.74, 6) is 0.249. The zero-order chi connectivity index (χ0) is 15.1. The normalized spacial score (nSPS) is 28.1. The number of aliphatic hydroxyl groups is 1. The lowest BCUT2D eigenvalue weighted by molar-refractivity contribution is 0.126. The molecule has 0 aliphatic carbocycles. The summed E-state index contributed by atoms with van der Waals surface area (Å²) in [7, 11) is 0. The van der Waals surface area contributed by atoms with Crippen LogP contribution in [0.1, 0.15) is 39.0 Å². The van der Waals surface area contributed by atoms with E-state index in [1.54, 1.807) is 0 Å². The molecule has 3 heterocycles. The van der Waals surface area contributed by atoms with Crippen molar-refractivity contribution >= 4 is 11.5 Å². The van der Waals surface area contributed by atoms with Gasteiger partial charge in [0.15, 0.2) is 0 Å². The predicted molar refractivity (Wildman–Crippen MR) is 80.6 cm³/mol. The third-order valence-corrected chi connectivity index (χ3v) is 4.63. The van der Waals surface area contributed by atoms with Crippen LogP contribution >= 0.6 is 0 Å². The van der Waals surface area contributed by atoms with Gasteiger partial charge in [0.2, 0.25) is 0 Å². The highest BCUT2D eigenvalue weighted by molar-refractivity contribution is 5.64. The monoisotopic (exact) mass is 294 g/mol. The van der Waals surface area contributed by atoms with Gasteiger partial charge in [0.25, 0.3) is 5.56 Å². The molecule has 2 unspecified atom stereocenters. The maximum atomic E-state index is 12.3. The van der Waals surface area contributed by atoms with Crippen LogP contribution < -0.4 is 21.9 Å². The molecule has 21 heavy (non-hydrogen) atoms. The van der Waals surface area contributed by atoms with Gasteiger partial charge >= 0.3 is 5.69 Å². The Morgan fingerprint density at radius 3 is 2.48 bits per heavy atom. The molecule has 0 aromatic carbocycles. The van der Waals surface area contributed by atoms with E-state index in [0.717, 1.165) is 19.3 Å². The number of hydrogen-bond donors (Lipinski definition) is 3. The van der Waals surface area contributed by atoms with Gasteiger partial charge in [-0.1, -0.05) is 6.92 Å². The minimum Gasteiger partial charge on any atom is -0.393 e. The van der Waals surface area contributed by atoms with E-state index in [-0.39, 0.29) is 24.0 Å². The van der Waals surface area contributed by atoms with Gasteiger partial charge in [-0.3, -0.25) is 14.3 Å². The Labute approximate surface area is 122 Å². The maximum Gasteiger partial charge on any atom is 0.330 e. The number of H-pyrrole nitrogens is 1. The fraction of sp³-hybridized carbons (Fsp3) is 0.714. The Bertz CT molecular complexity index is 637. The van der Waals surface area contributed by atoms with Gasteiger partial charge in [-0.15, -0.1) is 0 Å². The summed E-state index contributed by atoms with van der Waals surface area (Å²) in [5, 5.41) is 9.88. The molecule has 1 aromatic rings. The highest BCUT2D eigenvalue weighted by atomic mass is 16.3. The van der Waals surface area contributed by atoms with Gasteiger partial charge in [0, 0.05) is 18.6 Å². The average molecular weight is 294 g/mol. The molecular formula is C14H22N4O3. The Morgan fingerprint density at radius 1 is 1.29 bits per heavy atom. The third-order valence-electron chi connectivity index (χ3n) is 4.63. The quantitative estimate of drug-likeness (QED) is 0.729. The van der Waals surface area contributed by atoms with E-state index in [4.69, 9.17) is 5.73 Å². The highest BCUT2D eigenvalue weighted by Gasteiger charge is 2.42. The number of nitrogens with one attached hydrogen (secondary N) is 1. The number of rotatable bonds is 3. The Balaban J connectivity index is 2.09. The first-order chi connectivity index (χ1) is 10.0. The van der Waals surface area contributed by atoms with Crippen LogP contribution in [-0.2, 0) is 6.54 Å². The molecule has 7 heteroatoms. The van der Waals surface area contributed by atoms with Gasteiger partial charge < -0.3 is 15.7 Å². The van der Waals surface area contributed by atoms with Crippen molar-refractivity contribution in [3.63, 3.8) is 0 Å². The molecule has 2 bridgehead atoms. The number of aromatic nitrogens is 2. The fourth-order valence-corrected chi connectivity index (χ4v) is 3.79. The van der Waals surface area contributed by atoms with Gasteiger partial charge in [0.1, 0.15) is 11.5 Å². The Hall–Kier alpha value is -1.76. The number of hydrogen-bond acceptors (Lipinski definition) is 5. The number of aromatic amines is 1. The summed E-state index contributed by atoms with van der Waals surface area (Å²) < 4.78 is 1.43. The van der Waals surface area contributed by atoms with Crippen LogP contribution in [0.15, 0.2) is 9.59 Å². The minimum atomic E-state index is -0.451. The van der Waals surface area contributed by atoms with Crippen LogP contribution in [0, 0.1) is 0 Å². The number of nitrogens with two attached hydrogens (primary N) is 1. The molecular weight excluding hydrogens is 272 g/mol. The summed E-state index contributed by atoms with van der Waals surface area (Å²) in [6.45, 7) is 2.44. The Morgan fingerprint density at radius 2 is 1.90 bits per heavy atom. The zero-order valence-electron chi connectivity index (χ0n) is 12.2. The summed E-state index contributed by atoms with van der Waals surface area (Å²) in [5.41, 5.74) is 5.66. The van der Waals surface area contributed by atoms with Crippen molar-refractivity contribution in [3.05, 3.63) is 20.8 Å². The lowest BCUT2D eigenvalue weighted by Gasteiger charge is -2.38. The highest BCUT2D eigenvalue weighted by Crippen LogP contribution is 2.39. The van der Waals surface area contributed by atoms with Crippen LogP contribution in [0.25, 0.3) is 0 Å². The van der Waals surface area contributed by atoms with Crippen LogP contribution in [0.2, 0.25) is 0 Å². The van der Waals surface area contributed by atoms with Crippen molar-refractivity contribution in [2.24, 2.45) is 0 Å². The average Bonchev–Trinajstić information content (AvgIpc) is 2.67. The maximum absolute atomic E-state index is 12.3. The van der Waals surface area contributed by atoms with Crippen molar-refractivity contribution in [2.75, 3.05) is 10.6 Å². The second kappa shape index (κ2) is 5.22. The van der Waals surface area contributed by atoms with Crippen LogP contribution in [-0.4, -0.2) is 32.8 Å². The second-order valence-electron chi connectivity index (χ2n) is 6.06. The van der Waals surface area contributed by atoms with Gasteiger partial charge in [0.05, 0.1) is 6.10 Å². The van der Waals surface area contributed by atoms with Crippen molar-refractivity contribution in [2.45, 2.75) is 63.8 Å². The summed E-state index contributed by atoms with van der Waals surface area (Å²) in [6.07, 6.45) is 3.67. The first-order valence-electron chi connectivity index (χ1n) is 7.62. The molecule has 4 N–H and O–H groups in total. The lowest BCUT2D eigenvalue weighted by Crippen LogP contribution is -2.49. The van der Waals surface area contributed by atoms with Gasteiger partial charge in [-0.05, 0) is 32.1 Å². The second-order valence-corrected chi connectivity index (χ2v) is 6.06. The number of piperidine rings is 1. The van der Waals surface area contributed by atoms with Crippen molar-refractivity contribution in [1.82, 2.24) is 9.55 Å². The molecule has 0 saturated carbocycles. The largest absolute Gasteiger partial charge is 0.393 e. The minimum absolute atomic E-state index is 0.134. The van der Waals surface area contributed by atoms with Crippen molar-refractivity contribution < 1.29 is 5.11 Å². The topological polar surface area (TPSA) is 104 Å². The smallest absolute Gasteiger partial charge is 0.330 e. The van der Waals surface area contributed by atoms with E-state index in [2.05, 4.69) is 4.98 Å². The number of aliphatic hydroxyl groups excluding tert-OH is 1. The third kappa shape index (κ3) is 2.25. The summed E-state index contributed by atoms with van der Waals surface area (Å²) in [6, 6.07) is 0.268. The molecule has 7 nitrogen and oxygen atoms in total. The molecule has 2 atom stereocenters. The molecule has 0 spiro atoms. The number of nitrogen functional groups attached to an aromatic ring is 1. The fourth-order valence-electron chi connectivity index (χ4n) is 3.79. The number of fused-ring (bicyclic) bond motifs is 2. The van der Waals surface area contributed by atoms with E-state index in [1.807, 2.05) is 11.8 Å². The summed E-state index contributed by atoms with van der Waals surface area (Å²) in [4.78, 5) is 28.6. The van der Waals surface area contributed by atoms with Crippen molar-refractivity contribution in [3.8, 4) is 0 Å². The van der Waals surface area contributed by atoms with Crippen LogP contribution in [0.5, 0.6) is 0 Å². The van der Waals surface area contributed by atoms with E-state index in [0.29, 0.717) is 25.1 Å². The Kier molecular flexibility index (Phi) is 3.52. The lowest BCUT2D eigenvalue weighted by atomic mass is 9.99. The van der Waals surface area contributed by atoms with E-state index >= 15 is 0 Å². The number of nitrogens with zero attached hydrogens (tertiary/aromatic N) is 2. The molecule has 2 aliphatic rings. The molecule has 0 amide bonds. The molecule has 0 radical (unpaired) electrons. The van der Waals surface area contributed by atoms with Crippen LogP contribution in [0.3, 0.4) is 0 Å². The standard InChI is InChI=1S/C14H22N4O3/c1-2-5-17-12(15)11(13(20)16-14(17)21)18-8-3-4-9(18)7-10(19)6-8/h8-10,19H,2-7,15H2,1H3,(H,16,20,21).